The van der Waals surface area contributed by atoms with Gasteiger partial charge in [0, 0.05) is 22.5 Å². The molecular weight excluding hydrogens is 264 g/mol. The number of nitrogens with one attached hydrogen (secondary N) is 1. The number of carbonyl (C=O) groups excluding carboxylic acids is 1. The summed E-state index contributed by atoms with van der Waals surface area (Å²) in [5, 5.41) is 13.7. The molecule has 1 heterocycles. The second-order valence-corrected chi connectivity index (χ2v) is 4.90. The van der Waals surface area contributed by atoms with Crippen molar-refractivity contribution in [2.45, 2.75) is 6.54 Å². The first kappa shape index (κ1) is 13.1. The first-order valence-corrected chi connectivity index (χ1v) is 6.38. The number of aromatic carboxylic acids is 1. The van der Waals surface area contributed by atoms with Gasteiger partial charge in [0.2, 0.25) is 5.91 Å². The fourth-order valence-electron chi connectivity index (χ4n) is 1.55. The molecule has 0 aliphatic heterocycles. The van der Waals surface area contributed by atoms with Gasteiger partial charge in [-0.05, 0) is 24.3 Å². The Kier molecular flexibility index (Phi) is 3.82. The highest BCUT2D eigenvalue weighted by atomic mass is 32.1. The Morgan fingerprint density at radius 3 is 2.68 bits per heavy atom. The van der Waals surface area contributed by atoms with Gasteiger partial charge in [-0.1, -0.05) is 6.07 Å². The first-order valence-electron chi connectivity index (χ1n) is 5.50. The lowest BCUT2D eigenvalue weighted by Crippen LogP contribution is -2.09. The SMILES string of the molecule is NC(=O)c1csc(CNc2cccc(C(=O)O)c2)c1. The van der Waals surface area contributed by atoms with E-state index in [0.29, 0.717) is 17.8 Å². The number of rotatable bonds is 5. The summed E-state index contributed by atoms with van der Waals surface area (Å²) in [7, 11) is 0. The van der Waals surface area contributed by atoms with Crippen LogP contribution in [0.3, 0.4) is 0 Å². The zero-order valence-corrected chi connectivity index (χ0v) is 10.7. The molecule has 19 heavy (non-hydrogen) atoms. The molecule has 5 nitrogen and oxygen atoms in total. The molecule has 0 aliphatic carbocycles. The topological polar surface area (TPSA) is 92.4 Å². The number of hydrogen-bond acceptors (Lipinski definition) is 4. The molecule has 0 atom stereocenters. The van der Waals surface area contributed by atoms with Crippen LogP contribution in [0.5, 0.6) is 0 Å². The molecule has 98 valence electrons. The number of carboxylic acids is 1. The Bertz CT molecular complexity index is 622. The van der Waals surface area contributed by atoms with E-state index in [1.54, 1.807) is 29.6 Å². The molecule has 1 aromatic heterocycles. The number of hydrogen-bond donors (Lipinski definition) is 3. The molecular formula is C13H12N2O3S. The van der Waals surface area contributed by atoms with Crippen molar-refractivity contribution in [2.24, 2.45) is 5.73 Å². The predicted molar refractivity (Wildman–Crippen MR) is 73.6 cm³/mol. The Labute approximate surface area is 113 Å². The summed E-state index contributed by atoms with van der Waals surface area (Å²) in [6, 6.07) is 8.28. The van der Waals surface area contributed by atoms with Crippen LogP contribution in [0, 0.1) is 0 Å². The van der Waals surface area contributed by atoms with Gasteiger partial charge in [-0.3, -0.25) is 4.79 Å². The van der Waals surface area contributed by atoms with E-state index in [2.05, 4.69) is 5.32 Å². The Morgan fingerprint density at radius 1 is 1.26 bits per heavy atom. The quantitative estimate of drug-likeness (QED) is 0.780. The fraction of sp³-hybridized carbons (Fsp3) is 0.0769. The van der Waals surface area contributed by atoms with Gasteiger partial charge in [0.25, 0.3) is 0 Å². The van der Waals surface area contributed by atoms with Crippen molar-refractivity contribution >= 4 is 28.9 Å². The number of thiophene rings is 1. The van der Waals surface area contributed by atoms with Gasteiger partial charge in [-0.2, -0.15) is 0 Å². The number of primary amides is 1. The van der Waals surface area contributed by atoms with E-state index in [4.69, 9.17) is 10.8 Å². The molecule has 0 radical (unpaired) electrons. The monoisotopic (exact) mass is 276 g/mol. The van der Waals surface area contributed by atoms with E-state index in [0.717, 1.165) is 4.88 Å². The average Bonchev–Trinajstić information content (AvgIpc) is 2.85. The number of carbonyl (C=O) groups is 2. The van der Waals surface area contributed by atoms with Gasteiger partial charge in [0.05, 0.1) is 11.1 Å². The summed E-state index contributed by atoms with van der Waals surface area (Å²) in [5.41, 5.74) is 6.60. The number of nitrogens with two attached hydrogens (primary N) is 1. The van der Waals surface area contributed by atoms with Gasteiger partial charge < -0.3 is 16.2 Å². The lowest BCUT2D eigenvalue weighted by Gasteiger charge is -2.05. The minimum absolute atomic E-state index is 0.231. The van der Waals surface area contributed by atoms with Crippen molar-refractivity contribution in [1.82, 2.24) is 0 Å². The molecule has 0 unspecified atom stereocenters. The summed E-state index contributed by atoms with van der Waals surface area (Å²) >= 11 is 1.43. The van der Waals surface area contributed by atoms with Crippen molar-refractivity contribution in [2.75, 3.05) is 5.32 Å². The molecule has 0 bridgehead atoms. The molecule has 0 saturated carbocycles. The highest BCUT2D eigenvalue weighted by Gasteiger charge is 2.06. The summed E-state index contributed by atoms with van der Waals surface area (Å²) in [6.07, 6.45) is 0. The molecule has 6 heteroatoms. The molecule has 0 aliphatic rings. The van der Waals surface area contributed by atoms with E-state index in [1.807, 2.05) is 0 Å². The van der Waals surface area contributed by atoms with Crippen LogP contribution in [0.1, 0.15) is 25.6 Å². The Morgan fingerprint density at radius 2 is 2.05 bits per heavy atom. The smallest absolute Gasteiger partial charge is 0.335 e. The standard InChI is InChI=1S/C13H12N2O3S/c14-12(16)9-5-11(19-7-9)6-15-10-3-1-2-8(4-10)13(17)18/h1-5,7,15H,6H2,(H2,14,16)(H,17,18). The summed E-state index contributed by atoms with van der Waals surface area (Å²) in [6.45, 7) is 0.515. The lowest BCUT2D eigenvalue weighted by atomic mass is 10.2. The van der Waals surface area contributed by atoms with Crippen LogP contribution < -0.4 is 11.1 Å². The van der Waals surface area contributed by atoms with E-state index in [9.17, 15) is 9.59 Å². The third-order valence-electron chi connectivity index (χ3n) is 2.51. The average molecular weight is 276 g/mol. The zero-order chi connectivity index (χ0) is 13.8. The number of benzene rings is 1. The molecule has 0 fully saturated rings. The summed E-state index contributed by atoms with van der Waals surface area (Å²) in [4.78, 5) is 22.7. The van der Waals surface area contributed by atoms with E-state index in [1.165, 1.54) is 17.4 Å². The van der Waals surface area contributed by atoms with Crippen LogP contribution in [-0.4, -0.2) is 17.0 Å². The maximum absolute atomic E-state index is 11.0. The molecule has 0 spiro atoms. The van der Waals surface area contributed by atoms with Gasteiger partial charge in [-0.25, -0.2) is 4.79 Å². The maximum atomic E-state index is 11.0. The molecule has 1 amide bonds. The Hall–Kier alpha value is -2.34. The molecule has 2 aromatic rings. The normalized spacial score (nSPS) is 10.1. The van der Waals surface area contributed by atoms with Crippen molar-refractivity contribution in [3.05, 3.63) is 51.7 Å². The summed E-state index contributed by atoms with van der Waals surface area (Å²) in [5.74, 6) is -1.41. The van der Waals surface area contributed by atoms with Crippen molar-refractivity contribution < 1.29 is 14.7 Å². The maximum Gasteiger partial charge on any atom is 0.335 e. The first-order chi connectivity index (χ1) is 9.06. The predicted octanol–water partition coefficient (Wildman–Crippen LogP) is 2.16. The Balaban J connectivity index is 2.03. The van der Waals surface area contributed by atoms with Crippen LogP contribution >= 0.6 is 11.3 Å². The second-order valence-electron chi connectivity index (χ2n) is 3.91. The van der Waals surface area contributed by atoms with Crippen molar-refractivity contribution in [3.63, 3.8) is 0 Å². The number of anilines is 1. The third kappa shape index (κ3) is 3.32. The summed E-state index contributed by atoms with van der Waals surface area (Å²) < 4.78 is 0. The van der Waals surface area contributed by atoms with Crippen LogP contribution in [-0.2, 0) is 6.54 Å². The van der Waals surface area contributed by atoms with Crippen molar-refractivity contribution in [3.8, 4) is 0 Å². The fourth-order valence-corrected chi connectivity index (χ4v) is 2.37. The lowest BCUT2D eigenvalue weighted by molar-refractivity contribution is 0.0696. The van der Waals surface area contributed by atoms with E-state index >= 15 is 0 Å². The van der Waals surface area contributed by atoms with E-state index < -0.39 is 11.9 Å². The molecule has 4 N–H and O–H groups in total. The minimum atomic E-state index is -0.962. The number of amides is 1. The third-order valence-corrected chi connectivity index (χ3v) is 3.45. The molecule has 0 saturated heterocycles. The van der Waals surface area contributed by atoms with Gasteiger partial charge in [0.15, 0.2) is 0 Å². The van der Waals surface area contributed by atoms with Crippen LogP contribution in [0.2, 0.25) is 0 Å². The van der Waals surface area contributed by atoms with Gasteiger partial charge in [0.1, 0.15) is 0 Å². The minimum Gasteiger partial charge on any atom is -0.478 e. The second kappa shape index (κ2) is 5.53. The van der Waals surface area contributed by atoms with Gasteiger partial charge in [-0.15, -0.1) is 11.3 Å². The largest absolute Gasteiger partial charge is 0.478 e. The van der Waals surface area contributed by atoms with Crippen molar-refractivity contribution in [1.29, 1.82) is 0 Å². The van der Waals surface area contributed by atoms with Crippen LogP contribution in [0.25, 0.3) is 0 Å². The van der Waals surface area contributed by atoms with Crippen LogP contribution in [0.4, 0.5) is 5.69 Å². The highest BCUT2D eigenvalue weighted by Crippen LogP contribution is 2.17. The van der Waals surface area contributed by atoms with Crippen LogP contribution in [0.15, 0.2) is 35.7 Å². The van der Waals surface area contributed by atoms with Gasteiger partial charge >= 0.3 is 5.97 Å². The molecule has 1 aromatic carbocycles. The zero-order valence-electron chi connectivity index (χ0n) is 9.92. The highest BCUT2D eigenvalue weighted by molar-refractivity contribution is 7.10. The number of carboxylic acid groups (broad SMARTS) is 1. The van der Waals surface area contributed by atoms with E-state index in [-0.39, 0.29) is 5.56 Å². The molecule has 2 rings (SSSR count).